The molecule has 116 valence electrons. The fraction of sp³-hybridized carbons (Fsp3) is 1.00. The van der Waals surface area contributed by atoms with Gasteiger partial charge < -0.3 is 15.6 Å². The van der Waals surface area contributed by atoms with E-state index in [9.17, 15) is 26.3 Å². The molecule has 9 heteroatoms. The van der Waals surface area contributed by atoms with E-state index in [4.69, 9.17) is 10.8 Å². The molecule has 0 bridgehead atoms. The number of hydrogen-bond acceptors (Lipinski definition) is 3. The Morgan fingerprint density at radius 3 is 1.58 bits per heavy atom. The average Bonchev–Trinajstić information content (AvgIpc) is 2.12. The smallest absolute Gasteiger partial charge is 0.394 e. The predicted octanol–water partition coefficient (Wildman–Crippen LogP) is 2.23. The van der Waals surface area contributed by atoms with Crippen molar-refractivity contribution in [1.82, 2.24) is 0 Å². The molecule has 3 N–H and O–H groups in total. The van der Waals surface area contributed by atoms with Crippen LogP contribution in [0.2, 0.25) is 0 Å². The van der Waals surface area contributed by atoms with Gasteiger partial charge in [-0.25, -0.2) is 0 Å². The molecule has 0 aliphatic heterocycles. The van der Waals surface area contributed by atoms with E-state index in [0.717, 1.165) is 0 Å². The highest BCUT2D eigenvalue weighted by molar-refractivity contribution is 4.87. The molecule has 3 nitrogen and oxygen atoms in total. The van der Waals surface area contributed by atoms with Crippen molar-refractivity contribution in [1.29, 1.82) is 0 Å². The molecule has 19 heavy (non-hydrogen) atoms. The Balaban J connectivity index is 5.12. The van der Waals surface area contributed by atoms with Gasteiger partial charge in [0.15, 0.2) is 0 Å². The number of hydrogen-bond donors (Lipinski definition) is 2. The molecule has 0 spiro atoms. The Hall–Kier alpha value is -0.540. The maximum atomic E-state index is 12.3. The number of aliphatic hydroxyl groups is 1. The normalized spacial score (nSPS) is 17.7. The van der Waals surface area contributed by atoms with Gasteiger partial charge in [-0.15, -0.1) is 0 Å². The van der Waals surface area contributed by atoms with E-state index in [2.05, 4.69) is 4.74 Å². The first kappa shape index (κ1) is 18.5. The second kappa shape index (κ2) is 5.84. The van der Waals surface area contributed by atoms with Gasteiger partial charge in [-0.2, -0.15) is 26.3 Å². The highest BCUT2D eigenvalue weighted by Gasteiger charge is 2.59. The Kier molecular flexibility index (Phi) is 5.67. The van der Waals surface area contributed by atoms with Crippen molar-refractivity contribution in [3.63, 3.8) is 0 Å². The third-order valence-electron chi connectivity index (χ3n) is 2.49. The van der Waals surface area contributed by atoms with Crippen LogP contribution in [-0.2, 0) is 4.74 Å². The molecule has 0 aliphatic carbocycles. The SMILES string of the molecule is CC(C)(C)C(N)C(CO)OC(C(F)(F)F)C(F)(F)F. The van der Waals surface area contributed by atoms with E-state index in [-0.39, 0.29) is 0 Å². The first-order chi connectivity index (χ1) is 8.21. The Labute approximate surface area is 106 Å². The van der Waals surface area contributed by atoms with Crippen molar-refractivity contribution in [2.24, 2.45) is 11.1 Å². The summed E-state index contributed by atoms with van der Waals surface area (Å²) in [4.78, 5) is 0. The lowest BCUT2D eigenvalue weighted by molar-refractivity contribution is -0.334. The van der Waals surface area contributed by atoms with Gasteiger partial charge in [0.1, 0.15) is 0 Å². The molecular formula is C10H17F6NO2. The minimum absolute atomic E-state index is 0.824. The van der Waals surface area contributed by atoms with Gasteiger partial charge in [0.2, 0.25) is 6.10 Å². The molecule has 2 atom stereocenters. The summed E-state index contributed by atoms with van der Waals surface area (Å²) in [5.74, 6) is 0. The predicted molar refractivity (Wildman–Crippen MR) is 55.3 cm³/mol. The fourth-order valence-electron chi connectivity index (χ4n) is 1.31. The van der Waals surface area contributed by atoms with E-state index < -0.39 is 42.6 Å². The molecule has 0 radical (unpaired) electrons. The van der Waals surface area contributed by atoms with Gasteiger partial charge in [0.25, 0.3) is 0 Å². The van der Waals surface area contributed by atoms with Crippen LogP contribution in [0.15, 0.2) is 0 Å². The number of halogens is 6. The number of aliphatic hydroxyl groups excluding tert-OH is 1. The van der Waals surface area contributed by atoms with Crippen LogP contribution in [0.25, 0.3) is 0 Å². The van der Waals surface area contributed by atoms with Crippen molar-refractivity contribution in [2.75, 3.05) is 6.61 Å². The quantitative estimate of drug-likeness (QED) is 0.782. The molecule has 0 amide bonds. The molecule has 0 heterocycles. The average molecular weight is 297 g/mol. The number of ether oxygens (including phenoxy) is 1. The molecule has 0 saturated carbocycles. The van der Waals surface area contributed by atoms with Gasteiger partial charge in [-0.1, -0.05) is 20.8 Å². The fourth-order valence-corrected chi connectivity index (χ4v) is 1.31. The van der Waals surface area contributed by atoms with Crippen LogP contribution in [0.5, 0.6) is 0 Å². The van der Waals surface area contributed by atoms with Crippen LogP contribution in [-0.4, -0.2) is 42.3 Å². The van der Waals surface area contributed by atoms with Crippen LogP contribution < -0.4 is 5.73 Å². The van der Waals surface area contributed by atoms with Gasteiger partial charge in [-0.3, -0.25) is 0 Å². The molecule has 0 saturated heterocycles. The van der Waals surface area contributed by atoms with Gasteiger partial charge in [-0.05, 0) is 5.41 Å². The summed E-state index contributed by atoms with van der Waals surface area (Å²) >= 11 is 0. The third-order valence-corrected chi connectivity index (χ3v) is 2.49. The maximum Gasteiger partial charge on any atom is 0.423 e. The molecule has 0 rings (SSSR count). The minimum atomic E-state index is -5.62. The minimum Gasteiger partial charge on any atom is -0.394 e. The van der Waals surface area contributed by atoms with E-state index in [1.807, 2.05) is 0 Å². The first-order valence-corrected chi connectivity index (χ1v) is 5.36. The van der Waals surface area contributed by atoms with Gasteiger partial charge in [0.05, 0.1) is 12.7 Å². The van der Waals surface area contributed by atoms with E-state index in [1.165, 1.54) is 20.8 Å². The lowest BCUT2D eigenvalue weighted by atomic mass is 9.84. The zero-order valence-corrected chi connectivity index (χ0v) is 10.6. The topological polar surface area (TPSA) is 55.5 Å². The lowest BCUT2D eigenvalue weighted by Crippen LogP contribution is -2.54. The monoisotopic (exact) mass is 297 g/mol. The Morgan fingerprint density at radius 2 is 1.37 bits per heavy atom. The summed E-state index contributed by atoms with van der Waals surface area (Å²) < 4.78 is 77.8. The van der Waals surface area contributed by atoms with Gasteiger partial charge in [0, 0.05) is 6.04 Å². The zero-order valence-electron chi connectivity index (χ0n) is 10.6. The number of rotatable bonds is 4. The van der Waals surface area contributed by atoms with Crippen LogP contribution in [0, 0.1) is 5.41 Å². The Morgan fingerprint density at radius 1 is 1.00 bits per heavy atom. The maximum absolute atomic E-state index is 12.3. The molecule has 0 aromatic rings. The molecule has 0 fully saturated rings. The number of nitrogens with two attached hydrogens (primary N) is 1. The standard InChI is InChI=1S/C10H17F6NO2/c1-8(2,3)6(17)5(4-18)19-7(9(11,12)13)10(14,15)16/h5-7,18H,4,17H2,1-3H3. The van der Waals surface area contributed by atoms with E-state index in [0.29, 0.717) is 0 Å². The molecule has 2 unspecified atom stereocenters. The Bertz CT molecular complexity index is 269. The van der Waals surface area contributed by atoms with Crippen LogP contribution >= 0.6 is 0 Å². The molecule has 0 aromatic heterocycles. The number of alkyl halides is 6. The van der Waals surface area contributed by atoms with Crippen LogP contribution in [0.3, 0.4) is 0 Å². The molecular weight excluding hydrogens is 280 g/mol. The highest BCUT2D eigenvalue weighted by atomic mass is 19.4. The lowest BCUT2D eigenvalue weighted by Gasteiger charge is -2.36. The van der Waals surface area contributed by atoms with Crippen molar-refractivity contribution in [3.05, 3.63) is 0 Å². The van der Waals surface area contributed by atoms with Crippen LogP contribution in [0.4, 0.5) is 26.3 Å². The van der Waals surface area contributed by atoms with Crippen molar-refractivity contribution < 1.29 is 36.2 Å². The first-order valence-electron chi connectivity index (χ1n) is 5.36. The van der Waals surface area contributed by atoms with E-state index >= 15 is 0 Å². The second-order valence-corrected chi connectivity index (χ2v) is 5.21. The summed E-state index contributed by atoms with van der Waals surface area (Å²) in [6.45, 7) is 3.50. The van der Waals surface area contributed by atoms with Crippen molar-refractivity contribution >= 4 is 0 Å². The molecule has 0 aromatic carbocycles. The highest BCUT2D eigenvalue weighted by Crippen LogP contribution is 2.37. The largest absolute Gasteiger partial charge is 0.423 e. The van der Waals surface area contributed by atoms with E-state index in [1.54, 1.807) is 0 Å². The zero-order chi connectivity index (χ0) is 15.6. The van der Waals surface area contributed by atoms with Crippen molar-refractivity contribution in [3.8, 4) is 0 Å². The van der Waals surface area contributed by atoms with Gasteiger partial charge >= 0.3 is 12.4 Å². The summed E-state index contributed by atoms with van der Waals surface area (Å²) in [6, 6.07) is -1.19. The summed E-state index contributed by atoms with van der Waals surface area (Å²) in [5, 5.41) is 8.90. The third kappa shape index (κ3) is 5.53. The molecule has 0 aliphatic rings. The second-order valence-electron chi connectivity index (χ2n) is 5.21. The summed E-state index contributed by atoms with van der Waals surface area (Å²) in [5.41, 5.74) is 4.70. The summed E-state index contributed by atoms with van der Waals surface area (Å²) in [7, 11) is 0. The van der Waals surface area contributed by atoms with Crippen LogP contribution in [0.1, 0.15) is 20.8 Å². The van der Waals surface area contributed by atoms with Crippen molar-refractivity contribution in [2.45, 2.75) is 51.4 Å². The summed E-state index contributed by atoms with van der Waals surface area (Å²) in [6.07, 6.45) is -17.0.